The first-order valence-electron chi connectivity index (χ1n) is 12.8. The topological polar surface area (TPSA) is 117 Å². The minimum Gasteiger partial charge on any atom is -0.505 e. The van der Waals surface area contributed by atoms with Crippen LogP contribution in [0.2, 0.25) is 0 Å². The number of aryl methyl sites for hydroxylation is 3. The lowest BCUT2D eigenvalue weighted by Gasteiger charge is -2.23. The lowest BCUT2D eigenvalue weighted by Crippen LogP contribution is -2.29. The van der Waals surface area contributed by atoms with Gasteiger partial charge in [-0.1, -0.05) is 29.5 Å². The number of anilines is 1. The normalized spacial score (nSPS) is 16.9. The molecule has 9 nitrogen and oxygen atoms in total. The van der Waals surface area contributed by atoms with Crippen molar-refractivity contribution in [1.29, 1.82) is 0 Å². The molecule has 1 unspecified atom stereocenters. The SMILES string of the molecule is CCOc1cc(C2/C(=C(\O)c3nc4c(C)cccn4c3C)C(=O)C(=O)N2c2nc3ccc(C)cc3s2)ccc1O. The van der Waals surface area contributed by atoms with Crippen molar-refractivity contribution in [2.24, 2.45) is 0 Å². The van der Waals surface area contributed by atoms with Crippen LogP contribution >= 0.6 is 11.3 Å². The second-order valence-corrected chi connectivity index (χ2v) is 10.7. The monoisotopic (exact) mass is 554 g/mol. The number of fused-ring (bicyclic) bond motifs is 2. The van der Waals surface area contributed by atoms with Crippen molar-refractivity contribution in [1.82, 2.24) is 14.4 Å². The van der Waals surface area contributed by atoms with Crippen molar-refractivity contribution in [3.63, 3.8) is 0 Å². The summed E-state index contributed by atoms with van der Waals surface area (Å²) < 4.78 is 8.30. The predicted molar refractivity (Wildman–Crippen MR) is 153 cm³/mol. The second-order valence-electron chi connectivity index (χ2n) is 9.73. The molecule has 0 spiro atoms. The molecule has 1 atom stereocenters. The van der Waals surface area contributed by atoms with Gasteiger partial charge in [0, 0.05) is 6.20 Å². The number of Topliss-reactive ketones (excluding diaryl/α,β-unsaturated/α-hetero) is 1. The fourth-order valence-electron chi connectivity index (χ4n) is 5.11. The molecular weight excluding hydrogens is 528 g/mol. The molecule has 0 bridgehead atoms. The lowest BCUT2D eigenvalue weighted by molar-refractivity contribution is -0.132. The van der Waals surface area contributed by atoms with Crippen molar-refractivity contribution in [2.75, 3.05) is 11.5 Å². The quantitative estimate of drug-likeness (QED) is 0.165. The molecule has 10 heteroatoms. The number of phenolic OH excluding ortho intramolecular Hbond substituents is 1. The molecule has 2 N–H and O–H groups in total. The molecule has 40 heavy (non-hydrogen) atoms. The van der Waals surface area contributed by atoms with Crippen LogP contribution in [-0.4, -0.2) is 42.9 Å². The van der Waals surface area contributed by atoms with Crippen molar-refractivity contribution in [3.8, 4) is 11.5 Å². The van der Waals surface area contributed by atoms with E-state index in [1.807, 2.05) is 54.8 Å². The van der Waals surface area contributed by atoms with Gasteiger partial charge in [0.05, 0.1) is 34.1 Å². The van der Waals surface area contributed by atoms with Crippen LogP contribution in [0.25, 0.3) is 21.6 Å². The molecule has 0 aliphatic carbocycles. The number of carbonyl (C=O) groups excluding carboxylic acids is 2. The number of hydrogen-bond acceptors (Lipinski definition) is 8. The fraction of sp³-hybridized carbons (Fsp3) is 0.200. The third-order valence-electron chi connectivity index (χ3n) is 7.09. The van der Waals surface area contributed by atoms with E-state index in [9.17, 15) is 19.8 Å². The average molecular weight is 555 g/mol. The first-order chi connectivity index (χ1) is 19.2. The largest absolute Gasteiger partial charge is 0.505 e. The van der Waals surface area contributed by atoms with E-state index in [0.29, 0.717) is 34.2 Å². The van der Waals surface area contributed by atoms with E-state index in [4.69, 9.17) is 4.74 Å². The van der Waals surface area contributed by atoms with Gasteiger partial charge in [0.2, 0.25) is 0 Å². The lowest BCUT2D eigenvalue weighted by atomic mass is 9.96. The summed E-state index contributed by atoms with van der Waals surface area (Å²) in [7, 11) is 0. The molecule has 5 aromatic rings. The Kier molecular flexibility index (Phi) is 6.07. The van der Waals surface area contributed by atoms with Crippen LogP contribution in [0.15, 0.2) is 60.3 Å². The Morgan fingerprint density at radius 2 is 1.88 bits per heavy atom. The summed E-state index contributed by atoms with van der Waals surface area (Å²) in [5.41, 5.74) is 4.45. The summed E-state index contributed by atoms with van der Waals surface area (Å²) in [4.78, 5) is 38.0. The number of aromatic nitrogens is 3. The van der Waals surface area contributed by atoms with E-state index < -0.39 is 17.7 Å². The average Bonchev–Trinajstić information content (AvgIpc) is 3.57. The van der Waals surface area contributed by atoms with Gasteiger partial charge in [-0.15, -0.1) is 0 Å². The molecule has 202 valence electrons. The fourth-order valence-corrected chi connectivity index (χ4v) is 6.20. The number of hydrogen-bond donors (Lipinski definition) is 2. The van der Waals surface area contributed by atoms with E-state index in [1.54, 1.807) is 26.0 Å². The molecule has 3 aromatic heterocycles. The Morgan fingerprint density at radius 3 is 2.62 bits per heavy atom. The van der Waals surface area contributed by atoms with Gasteiger partial charge in [-0.05, 0) is 74.7 Å². The van der Waals surface area contributed by atoms with Crippen LogP contribution in [0.5, 0.6) is 11.5 Å². The number of phenols is 1. The minimum absolute atomic E-state index is 0.0790. The molecule has 1 fully saturated rings. The van der Waals surface area contributed by atoms with Crippen molar-refractivity contribution >= 4 is 49.8 Å². The minimum atomic E-state index is -1.04. The van der Waals surface area contributed by atoms with Gasteiger partial charge >= 0.3 is 5.91 Å². The van der Waals surface area contributed by atoms with Crippen LogP contribution in [-0.2, 0) is 9.59 Å². The zero-order chi connectivity index (χ0) is 28.3. The number of carbonyl (C=O) groups is 2. The van der Waals surface area contributed by atoms with Crippen LogP contribution in [0.4, 0.5) is 5.13 Å². The number of thiazole rings is 1. The Labute approximate surface area is 233 Å². The highest BCUT2D eigenvalue weighted by molar-refractivity contribution is 7.22. The zero-order valence-electron chi connectivity index (χ0n) is 22.3. The first-order valence-corrected chi connectivity index (χ1v) is 13.6. The standard InChI is InChI=1S/C30H26N4O5S/c1-5-39-21-14-18(9-11-20(21)35)25-23(26(36)24-17(4)33-12-6-7-16(3)28(33)32-24)27(37)29(38)34(25)30-31-19-10-8-15(2)13-22(19)40-30/h6-14,25,35-36H,5H2,1-4H3/b26-23+. The predicted octanol–water partition coefficient (Wildman–Crippen LogP) is 5.60. The van der Waals surface area contributed by atoms with Crippen molar-refractivity contribution in [3.05, 3.63) is 88.4 Å². The summed E-state index contributed by atoms with van der Waals surface area (Å²) >= 11 is 1.29. The maximum Gasteiger partial charge on any atom is 0.301 e. The smallest absolute Gasteiger partial charge is 0.301 e. The van der Waals surface area contributed by atoms with Crippen LogP contribution < -0.4 is 9.64 Å². The number of nitrogens with zero attached hydrogens (tertiary/aromatic N) is 4. The molecule has 4 heterocycles. The number of ketones is 1. The number of rotatable bonds is 5. The van der Waals surface area contributed by atoms with E-state index in [0.717, 1.165) is 15.8 Å². The molecule has 1 aliphatic rings. The Morgan fingerprint density at radius 1 is 1.07 bits per heavy atom. The first kappa shape index (κ1) is 25.6. The molecule has 6 rings (SSSR count). The van der Waals surface area contributed by atoms with Crippen molar-refractivity contribution in [2.45, 2.75) is 33.7 Å². The zero-order valence-corrected chi connectivity index (χ0v) is 23.1. The molecule has 2 aromatic carbocycles. The third kappa shape index (κ3) is 3.91. The summed E-state index contributed by atoms with van der Waals surface area (Å²) in [6, 6.07) is 13.1. The molecule has 0 saturated carbocycles. The number of amides is 1. The number of aromatic hydroxyl groups is 1. The molecule has 1 saturated heterocycles. The van der Waals surface area contributed by atoms with Crippen LogP contribution in [0.1, 0.15) is 41.0 Å². The molecule has 1 amide bonds. The highest BCUT2D eigenvalue weighted by atomic mass is 32.1. The number of ether oxygens (including phenoxy) is 1. The highest BCUT2D eigenvalue weighted by Gasteiger charge is 2.49. The summed E-state index contributed by atoms with van der Waals surface area (Å²) in [6.07, 6.45) is 1.83. The maximum absolute atomic E-state index is 13.7. The number of benzene rings is 2. The Hall–Kier alpha value is -4.70. The summed E-state index contributed by atoms with van der Waals surface area (Å²) in [5, 5.41) is 22.4. The molecule has 1 aliphatic heterocycles. The second kappa shape index (κ2) is 9.49. The molecule has 0 radical (unpaired) electrons. The third-order valence-corrected chi connectivity index (χ3v) is 8.11. The van der Waals surface area contributed by atoms with Gasteiger partial charge in [-0.3, -0.25) is 14.5 Å². The van der Waals surface area contributed by atoms with Gasteiger partial charge in [0.1, 0.15) is 11.3 Å². The van der Waals surface area contributed by atoms with E-state index in [1.165, 1.54) is 22.3 Å². The number of aliphatic hydroxyl groups is 1. The van der Waals surface area contributed by atoms with E-state index in [2.05, 4.69) is 9.97 Å². The number of pyridine rings is 1. The van der Waals surface area contributed by atoms with E-state index in [-0.39, 0.29) is 28.5 Å². The van der Waals surface area contributed by atoms with Crippen molar-refractivity contribution < 1.29 is 24.5 Å². The van der Waals surface area contributed by atoms with Gasteiger partial charge in [0.25, 0.3) is 5.78 Å². The van der Waals surface area contributed by atoms with Gasteiger partial charge < -0.3 is 19.4 Å². The highest BCUT2D eigenvalue weighted by Crippen LogP contribution is 2.46. The molecular formula is C30H26N4O5S. The maximum atomic E-state index is 13.7. The van der Waals surface area contributed by atoms with Gasteiger partial charge in [0.15, 0.2) is 22.4 Å². The van der Waals surface area contributed by atoms with E-state index >= 15 is 0 Å². The Balaban J connectivity index is 1.61. The Bertz CT molecular complexity index is 1890. The van der Waals surface area contributed by atoms with Gasteiger partial charge in [-0.25, -0.2) is 9.97 Å². The summed E-state index contributed by atoms with van der Waals surface area (Å²) in [6.45, 7) is 7.76. The van der Waals surface area contributed by atoms with Crippen LogP contribution in [0, 0.1) is 20.8 Å². The van der Waals surface area contributed by atoms with Gasteiger partial charge in [-0.2, -0.15) is 0 Å². The summed E-state index contributed by atoms with van der Waals surface area (Å²) in [5.74, 6) is -1.92. The number of aliphatic hydroxyl groups excluding tert-OH is 1. The van der Waals surface area contributed by atoms with Crippen LogP contribution in [0.3, 0.4) is 0 Å². The number of imidazole rings is 1.